The molecule has 3 amide bonds. The highest BCUT2D eigenvalue weighted by atomic mass is 32.2. The first-order valence-corrected chi connectivity index (χ1v) is 17.9. The molecule has 2 aromatic carbocycles. The maximum absolute atomic E-state index is 14.2. The van der Waals surface area contributed by atoms with Gasteiger partial charge in [0, 0.05) is 38.4 Å². The molecule has 2 heterocycles. The molecule has 1 aliphatic rings. The van der Waals surface area contributed by atoms with Gasteiger partial charge in [0.2, 0.25) is 15.9 Å². The van der Waals surface area contributed by atoms with E-state index < -0.39 is 22.1 Å². The molecule has 0 bridgehead atoms. The van der Waals surface area contributed by atoms with Crippen molar-refractivity contribution in [1.82, 2.24) is 29.6 Å². The molecule has 258 valence electrons. The third-order valence-corrected chi connectivity index (χ3v) is 10.5. The molecule has 1 saturated heterocycles. The number of nitrogens with one attached hydrogen (secondary N) is 1. The molecule has 1 aliphatic heterocycles. The van der Waals surface area contributed by atoms with Crippen LogP contribution >= 0.6 is 0 Å². The van der Waals surface area contributed by atoms with Gasteiger partial charge in [-0.25, -0.2) is 13.2 Å². The summed E-state index contributed by atoms with van der Waals surface area (Å²) in [4.78, 5) is 31.2. The molecule has 12 nitrogen and oxygen atoms in total. The van der Waals surface area contributed by atoms with E-state index in [2.05, 4.69) is 20.7 Å². The topological polar surface area (TPSA) is 148 Å². The Hall–Kier alpha value is -4.36. The number of benzene rings is 2. The summed E-state index contributed by atoms with van der Waals surface area (Å²) in [5, 5.41) is 23.1. The third kappa shape index (κ3) is 9.60. The summed E-state index contributed by atoms with van der Waals surface area (Å²) in [6.07, 6.45) is 4.37. The Balaban J connectivity index is 1.55. The first kappa shape index (κ1) is 36.5. The zero-order chi connectivity index (χ0) is 34.7. The van der Waals surface area contributed by atoms with Gasteiger partial charge in [-0.3, -0.25) is 4.79 Å². The smallest absolute Gasteiger partial charge is 0.321 e. The Morgan fingerprint density at radius 2 is 1.79 bits per heavy atom. The predicted octanol–water partition coefficient (Wildman–Crippen LogP) is 4.40. The molecule has 0 saturated carbocycles. The number of nitrogens with zero attached hydrogens (tertiary/aromatic N) is 6. The molecule has 48 heavy (non-hydrogen) atoms. The van der Waals surface area contributed by atoms with Crippen molar-refractivity contribution in [3.63, 3.8) is 0 Å². The normalized spacial score (nSPS) is 15.8. The van der Waals surface area contributed by atoms with Crippen molar-refractivity contribution >= 4 is 28.2 Å². The van der Waals surface area contributed by atoms with E-state index in [-0.39, 0.29) is 35.2 Å². The summed E-state index contributed by atoms with van der Waals surface area (Å²) in [6, 6.07) is 18.2. The lowest BCUT2D eigenvalue weighted by molar-refractivity contribution is -0.127. The quantitative estimate of drug-likeness (QED) is 0.122. The van der Waals surface area contributed by atoms with E-state index in [0.29, 0.717) is 56.7 Å². The van der Waals surface area contributed by atoms with Gasteiger partial charge in [-0.2, -0.15) is 14.5 Å². The maximum atomic E-state index is 14.2. The van der Waals surface area contributed by atoms with Gasteiger partial charge in [-0.1, -0.05) is 81.7 Å². The van der Waals surface area contributed by atoms with Crippen molar-refractivity contribution in [2.45, 2.75) is 70.5 Å². The van der Waals surface area contributed by atoms with E-state index >= 15 is 0 Å². The number of carbonyl (C=O) groups is 2. The van der Waals surface area contributed by atoms with Crippen LogP contribution in [0.1, 0.15) is 57.4 Å². The minimum atomic E-state index is -3.87. The molecule has 0 aliphatic carbocycles. The summed E-state index contributed by atoms with van der Waals surface area (Å²) in [7, 11) is -3.87. The predicted molar refractivity (Wildman–Crippen MR) is 184 cm³/mol. The maximum Gasteiger partial charge on any atom is 0.321 e. The van der Waals surface area contributed by atoms with E-state index in [1.807, 2.05) is 64.1 Å². The lowest BCUT2D eigenvalue weighted by Crippen LogP contribution is -2.54. The highest BCUT2D eigenvalue weighted by molar-refractivity contribution is 7.89. The molecule has 3 atom stereocenters. The first-order valence-electron chi connectivity index (χ1n) is 16.5. The standard InChI is InChI=1S/C35H47N7O5S/c1-5-27(4)33(42-21-20-40(35(42)44)25-31-12-9-18-36-39-31)34(43)38-30(22-28-10-7-6-8-11-28)17-19-41(24-26(2)3)48(46,47)32-15-13-29(14-16-32)23-37-45/h6-16,18,23,26-27,30,33,45H,5,17,19-22,24-25H2,1-4H3,(H,38,43)/b37-23+/t27-,30+,33-/m0/s1. The SMILES string of the molecule is CC[C@H](C)[C@@H](C(=O)N[C@H](CCN(CC(C)C)S(=O)(=O)c1ccc(/C=N/O)cc1)Cc1ccccc1)N1CCN(Cc2cccnn2)C1=O. The van der Waals surface area contributed by atoms with Gasteiger partial charge in [0.1, 0.15) is 6.04 Å². The summed E-state index contributed by atoms with van der Waals surface area (Å²) < 4.78 is 29.1. The largest absolute Gasteiger partial charge is 0.411 e. The van der Waals surface area contributed by atoms with E-state index in [1.165, 1.54) is 22.7 Å². The summed E-state index contributed by atoms with van der Waals surface area (Å²) >= 11 is 0. The number of sulfonamides is 1. The van der Waals surface area contributed by atoms with Gasteiger partial charge < -0.3 is 20.3 Å². The van der Waals surface area contributed by atoms with Crippen LogP contribution in [-0.2, 0) is 27.8 Å². The van der Waals surface area contributed by atoms with Crippen molar-refractivity contribution < 1.29 is 23.2 Å². The van der Waals surface area contributed by atoms with Crippen LogP contribution in [-0.4, -0.2) is 94.3 Å². The number of hydrogen-bond acceptors (Lipinski definition) is 8. The van der Waals surface area contributed by atoms with E-state index in [1.54, 1.807) is 34.2 Å². The monoisotopic (exact) mass is 677 g/mol. The van der Waals surface area contributed by atoms with Crippen LogP contribution in [0.15, 0.2) is 83.0 Å². The van der Waals surface area contributed by atoms with Gasteiger partial charge in [0.15, 0.2) is 0 Å². The molecule has 3 aromatic rings. The third-order valence-electron chi connectivity index (χ3n) is 8.59. The van der Waals surface area contributed by atoms with Crippen LogP contribution < -0.4 is 5.32 Å². The van der Waals surface area contributed by atoms with Crippen LogP contribution in [0.4, 0.5) is 4.79 Å². The zero-order valence-corrected chi connectivity index (χ0v) is 29.0. The second kappa shape index (κ2) is 17.2. The van der Waals surface area contributed by atoms with Crippen LogP contribution in [0.2, 0.25) is 0 Å². The van der Waals surface area contributed by atoms with Crippen molar-refractivity contribution in [1.29, 1.82) is 0 Å². The Morgan fingerprint density at radius 1 is 1.06 bits per heavy atom. The fourth-order valence-electron chi connectivity index (χ4n) is 5.92. The van der Waals surface area contributed by atoms with Crippen molar-refractivity contribution in [2.75, 3.05) is 26.2 Å². The van der Waals surface area contributed by atoms with E-state index in [0.717, 1.165) is 5.56 Å². The molecule has 13 heteroatoms. The fraction of sp³-hybridized carbons (Fsp3) is 0.457. The highest BCUT2D eigenvalue weighted by Gasteiger charge is 2.40. The number of carbonyl (C=O) groups excluding carboxylic acids is 2. The fourth-order valence-corrected chi connectivity index (χ4v) is 7.54. The number of aromatic nitrogens is 2. The Morgan fingerprint density at radius 3 is 2.42 bits per heavy atom. The van der Waals surface area contributed by atoms with Gasteiger partial charge in [0.05, 0.1) is 23.3 Å². The average Bonchev–Trinajstić information content (AvgIpc) is 3.42. The minimum absolute atomic E-state index is 0.0588. The van der Waals surface area contributed by atoms with Crippen LogP contribution in [0, 0.1) is 11.8 Å². The minimum Gasteiger partial charge on any atom is -0.411 e. The van der Waals surface area contributed by atoms with Gasteiger partial charge in [0.25, 0.3) is 0 Å². The molecule has 0 unspecified atom stereocenters. The van der Waals surface area contributed by atoms with E-state index in [4.69, 9.17) is 5.21 Å². The summed E-state index contributed by atoms with van der Waals surface area (Å²) in [6.45, 7) is 9.58. The summed E-state index contributed by atoms with van der Waals surface area (Å²) in [5.41, 5.74) is 2.26. The number of amides is 3. The number of hydrogen-bond donors (Lipinski definition) is 2. The molecule has 2 N–H and O–H groups in total. The van der Waals surface area contributed by atoms with Crippen molar-refractivity contribution in [2.24, 2.45) is 17.0 Å². The molecule has 1 aromatic heterocycles. The molecule has 0 radical (unpaired) electrons. The Bertz CT molecular complexity index is 1610. The van der Waals surface area contributed by atoms with Crippen LogP contribution in [0.5, 0.6) is 0 Å². The number of rotatable bonds is 17. The van der Waals surface area contributed by atoms with Gasteiger partial charge in [-0.15, -0.1) is 0 Å². The molecule has 0 spiro atoms. The van der Waals surface area contributed by atoms with Crippen LogP contribution in [0.3, 0.4) is 0 Å². The lowest BCUT2D eigenvalue weighted by atomic mass is 9.95. The van der Waals surface area contributed by atoms with Crippen molar-refractivity contribution in [3.05, 3.63) is 89.7 Å². The Labute approximate surface area is 283 Å². The molecular weight excluding hydrogens is 630 g/mol. The molecule has 1 fully saturated rings. The first-order chi connectivity index (χ1) is 23.0. The number of oxime groups is 1. The Kier molecular flexibility index (Phi) is 13.0. The number of urea groups is 1. The zero-order valence-electron chi connectivity index (χ0n) is 28.1. The van der Waals surface area contributed by atoms with Crippen LogP contribution in [0.25, 0.3) is 0 Å². The molecular formula is C35H47N7O5S. The van der Waals surface area contributed by atoms with Gasteiger partial charge in [-0.05, 0) is 60.1 Å². The average molecular weight is 678 g/mol. The van der Waals surface area contributed by atoms with Gasteiger partial charge >= 0.3 is 6.03 Å². The van der Waals surface area contributed by atoms with E-state index in [9.17, 15) is 18.0 Å². The summed E-state index contributed by atoms with van der Waals surface area (Å²) in [5.74, 6) is -0.303. The second-order valence-corrected chi connectivity index (χ2v) is 14.6. The highest BCUT2D eigenvalue weighted by Crippen LogP contribution is 2.23. The van der Waals surface area contributed by atoms with Crippen molar-refractivity contribution in [3.8, 4) is 0 Å². The lowest BCUT2D eigenvalue weighted by Gasteiger charge is -2.33. The second-order valence-electron chi connectivity index (χ2n) is 12.7. The molecule has 4 rings (SSSR count).